The van der Waals surface area contributed by atoms with E-state index in [2.05, 4.69) is 4.98 Å². The lowest BCUT2D eigenvalue weighted by molar-refractivity contribution is 0.0718. The molecule has 19 heavy (non-hydrogen) atoms. The monoisotopic (exact) mass is 295 g/mol. The number of nitrogens with zero attached hydrogens (tertiary/aromatic N) is 2. The second-order valence-corrected chi connectivity index (χ2v) is 6.23. The first-order valence-electron chi connectivity index (χ1n) is 6.13. The highest BCUT2D eigenvalue weighted by Gasteiger charge is 2.37. The van der Waals surface area contributed by atoms with Crippen molar-refractivity contribution in [1.29, 1.82) is 0 Å². The lowest BCUT2D eigenvalue weighted by Crippen LogP contribution is -2.50. The summed E-state index contributed by atoms with van der Waals surface area (Å²) in [6, 6.07) is 3.57. The zero-order valence-electron chi connectivity index (χ0n) is 10.8. The van der Waals surface area contributed by atoms with Gasteiger partial charge in [-0.25, -0.2) is 0 Å². The van der Waals surface area contributed by atoms with Gasteiger partial charge in [0.2, 0.25) is 0 Å². The number of pyridine rings is 1. The summed E-state index contributed by atoms with van der Waals surface area (Å²) in [5, 5.41) is 0. The van der Waals surface area contributed by atoms with Crippen LogP contribution in [0.3, 0.4) is 0 Å². The van der Waals surface area contributed by atoms with E-state index in [1.165, 1.54) is 0 Å². The zero-order valence-corrected chi connectivity index (χ0v) is 12.5. The van der Waals surface area contributed by atoms with Crippen LogP contribution in [0.1, 0.15) is 23.2 Å². The van der Waals surface area contributed by atoms with Crippen molar-refractivity contribution in [2.45, 2.75) is 17.6 Å². The molecule has 0 aromatic carbocycles. The summed E-state index contributed by atoms with van der Waals surface area (Å²) in [4.78, 5) is 18.7. The highest BCUT2D eigenvalue weighted by atomic mass is 32.2. The minimum absolute atomic E-state index is 0.0331. The van der Waals surface area contributed by atoms with Crippen molar-refractivity contribution in [1.82, 2.24) is 9.88 Å². The quantitative estimate of drug-likeness (QED) is 0.860. The molecule has 0 bridgehead atoms. The Balaban J connectivity index is 2.04. The number of thioether (sulfide) groups is 1. The molecule has 0 aliphatic carbocycles. The van der Waals surface area contributed by atoms with Gasteiger partial charge in [-0.3, -0.25) is 9.78 Å². The molecule has 0 unspecified atom stereocenters. The number of piperidine rings is 1. The number of hydrogen-bond donors (Lipinski definition) is 1. The number of aromatic nitrogens is 1. The minimum atomic E-state index is -0.152. The Morgan fingerprint density at radius 3 is 2.68 bits per heavy atom. The standard InChI is InChI=1S/C13H17N3OS2/c1-19-13(12(14)18)4-7-16(8-5-13)11(17)10-3-2-6-15-9-10/h2-3,6,9H,4-5,7-8H2,1H3,(H2,14,18). The maximum atomic E-state index is 12.3. The van der Waals surface area contributed by atoms with Gasteiger partial charge in [0.15, 0.2) is 0 Å². The Labute approximate surface area is 122 Å². The van der Waals surface area contributed by atoms with Gasteiger partial charge in [-0.15, -0.1) is 0 Å². The van der Waals surface area contributed by atoms with Crippen LogP contribution in [0.25, 0.3) is 0 Å². The Hall–Kier alpha value is -1.14. The van der Waals surface area contributed by atoms with E-state index in [1.807, 2.05) is 11.2 Å². The normalized spacial score (nSPS) is 18.1. The van der Waals surface area contributed by atoms with E-state index in [1.54, 1.807) is 36.3 Å². The molecule has 1 saturated heterocycles. The molecular formula is C13H17N3OS2. The van der Waals surface area contributed by atoms with Crippen LogP contribution in [0.4, 0.5) is 0 Å². The SMILES string of the molecule is CSC1(C(N)=S)CCN(C(=O)c2cccnc2)CC1. The third-order valence-corrected chi connectivity index (χ3v) is 5.54. The first kappa shape index (κ1) is 14.3. The molecule has 2 N–H and O–H groups in total. The number of amides is 1. The van der Waals surface area contributed by atoms with Crippen LogP contribution in [0, 0.1) is 0 Å². The molecule has 1 aliphatic heterocycles. The van der Waals surface area contributed by atoms with Gasteiger partial charge in [0.1, 0.15) is 0 Å². The summed E-state index contributed by atoms with van der Waals surface area (Å²) in [5.74, 6) is 0.0331. The number of carbonyl (C=O) groups excluding carboxylic acids is 1. The van der Waals surface area contributed by atoms with E-state index in [0.29, 0.717) is 23.6 Å². The van der Waals surface area contributed by atoms with Crippen molar-refractivity contribution in [3.8, 4) is 0 Å². The number of carbonyl (C=O) groups is 1. The predicted molar refractivity (Wildman–Crippen MR) is 82.4 cm³/mol. The van der Waals surface area contributed by atoms with Crippen LogP contribution in [0.2, 0.25) is 0 Å². The lowest BCUT2D eigenvalue weighted by Gasteiger charge is -2.40. The van der Waals surface area contributed by atoms with Crippen LogP contribution in [0.5, 0.6) is 0 Å². The molecule has 0 spiro atoms. The number of likely N-dealkylation sites (tertiary alicyclic amines) is 1. The summed E-state index contributed by atoms with van der Waals surface area (Å²) >= 11 is 6.86. The molecular weight excluding hydrogens is 278 g/mol. The number of rotatable bonds is 3. The van der Waals surface area contributed by atoms with Crippen molar-refractivity contribution < 1.29 is 4.79 Å². The van der Waals surface area contributed by atoms with Crippen molar-refractivity contribution in [2.24, 2.45) is 5.73 Å². The number of hydrogen-bond acceptors (Lipinski definition) is 4. The predicted octanol–water partition coefficient (Wildman–Crippen LogP) is 1.71. The van der Waals surface area contributed by atoms with Crippen LogP contribution < -0.4 is 5.73 Å². The Morgan fingerprint density at radius 1 is 1.53 bits per heavy atom. The third kappa shape index (κ3) is 2.90. The first-order chi connectivity index (χ1) is 9.09. The summed E-state index contributed by atoms with van der Waals surface area (Å²) in [6.07, 6.45) is 6.92. The van der Waals surface area contributed by atoms with Gasteiger partial charge in [-0.1, -0.05) is 12.2 Å². The molecule has 4 nitrogen and oxygen atoms in total. The van der Waals surface area contributed by atoms with E-state index in [-0.39, 0.29) is 10.7 Å². The van der Waals surface area contributed by atoms with Crippen LogP contribution >= 0.6 is 24.0 Å². The van der Waals surface area contributed by atoms with Gasteiger partial charge in [-0.05, 0) is 31.2 Å². The van der Waals surface area contributed by atoms with Gasteiger partial charge >= 0.3 is 0 Å². The molecule has 1 aromatic heterocycles. The summed E-state index contributed by atoms with van der Waals surface area (Å²) < 4.78 is -0.152. The van der Waals surface area contributed by atoms with Gasteiger partial charge < -0.3 is 10.6 Å². The highest BCUT2D eigenvalue weighted by molar-refractivity contribution is 8.02. The molecule has 1 aliphatic rings. The lowest BCUT2D eigenvalue weighted by atomic mass is 9.95. The molecule has 0 saturated carbocycles. The van der Waals surface area contributed by atoms with Gasteiger partial charge in [0.05, 0.1) is 15.3 Å². The summed E-state index contributed by atoms with van der Waals surface area (Å²) in [7, 11) is 0. The minimum Gasteiger partial charge on any atom is -0.392 e. The van der Waals surface area contributed by atoms with E-state index >= 15 is 0 Å². The fourth-order valence-corrected chi connectivity index (χ4v) is 3.54. The van der Waals surface area contributed by atoms with Crippen molar-refractivity contribution in [2.75, 3.05) is 19.3 Å². The first-order valence-corrected chi connectivity index (χ1v) is 7.77. The Morgan fingerprint density at radius 2 is 2.21 bits per heavy atom. The molecule has 2 heterocycles. The van der Waals surface area contributed by atoms with E-state index < -0.39 is 0 Å². The maximum absolute atomic E-state index is 12.3. The summed E-state index contributed by atoms with van der Waals surface area (Å²) in [5.41, 5.74) is 6.48. The van der Waals surface area contributed by atoms with Crippen LogP contribution in [0.15, 0.2) is 24.5 Å². The topological polar surface area (TPSA) is 59.2 Å². The highest BCUT2D eigenvalue weighted by Crippen LogP contribution is 2.35. The molecule has 102 valence electrons. The smallest absolute Gasteiger partial charge is 0.255 e. The molecule has 2 rings (SSSR count). The Kier molecular flexibility index (Phi) is 4.42. The maximum Gasteiger partial charge on any atom is 0.255 e. The zero-order chi connectivity index (χ0) is 13.9. The van der Waals surface area contributed by atoms with E-state index in [9.17, 15) is 4.79 Å². The van der Waals surface area contributed by atoms with Gasteiger partial charge in [-0.2, -0.15) is 11.8 Å². The van der Waals surface area contributed by atoms with Crippen LogP contribution in [-0.2, 0) is 0 Å². The third-order valence-electron chi connectivity index (χ3n) is 3.61. The van der Waals surface area contributed by atoms with Crippen molar-refractivity contribution in [3.05, 3.63) is 30.1 Å². The van der Waals surface area contributed by atoms with Gasteiger partial charge in [0, 0.05) is 25.5 Å². The average Bonchev–Trinajstić information content (AvgIpc) is 2.47. The molecule has 1 amide bonds. The fraction of sp³-hybridized carbons (Fsp3) is 0.462. The van der Waals surface area contributed by atoms with Gasteiger partial charge in [0.25, 0.3) is 5.91 Å². The second kappa shape index (κ2) is 5.88. The Bertz CT molecular complexity index is 470. The molecule has 1 aromatic rings. The van der Waals surface area contributed by atoms with E-state index in [4.69, 9.17) is 18.0 Å². The summed E-state index contributed by atoms with van der Waals surface area (Å²) in [6.45, 7) is 1.37. The number of thiocarbonyl (C=S) groups is 1. The fourth-order valence-electron chi connectivity index (χ4n) is 2.29. The number of nitrogens with two attached hydrogens (primary N) is 1. The second-order valence-electron chi connectivity index (χ2n) is 4.60. The molecule has 0 atom stereocenters. The molecule has 6 heteroatoms. The van der Waals surface area contributed by atoms with Crippen LogP contribution in [-0.4, -0.2) is 44.9 Å². The average molecular weight is 295 g/mol. The van der Waals surface area contributed by atoms with Crippen molar-refractivity contribution >= 4 is 34.9 Å². The molecule has 0 radical (unpaired) electrons. The van der Waals surface area contributed by atoms with Crippen molar-refractivity contribution in [3.63, 3.8) is 0 Å². The van der Waals surface area contributed by atoms with E-state index in [0.717, 1.165) is 12.8 Å². The largest absolute Gasteiger partial charge is 0.392 e. The molecule has 1 fully saturated rings.